The van der Waals surface area contributed by atoms with Gasteiger partial charge in [-0.1, -0.05) is 0 Å². The molecular weight excluding hydrogens is 470 g/mol. The molecule has 96 valence electrons. The minimum absolute atomic E-state index is 0.0936. The summed E-state index contributed by atoms with van der Waals surface area (Å²) in [5.41, 5.74) is 0. The Morgan fingerprint density at radius 1 is 1.00 bits per heavy atom. The van der Waals surface area contributed by atoms with E-state index in [4.69, 9.17) is 0 Å². The molecule has 0 saturated heterocycles. The zero-order chi connectivity index (χ0) is 13.2. The van der Waals surface area contributed by atoms with Crippen molar-refractivity contribution in [2.75, 3.05) is 0 Å². The third-order valence-corrected chi connectivity index (χ3v) is 18.6. The third-order valence-electron chi connectivity index (χ3n) is 2.80. The molecule has 0 unspecified atom stereocenters. The van der Waals surface area contributed by atoms with Crippen molar-refractivity contribution in [3.8, 4) is 9.75 Å². The standard InChI is InChI=1S/C9H6S2.C2H5.3CH3.2Sn/c1-7-4-5-9(11-7)8-3-2-6-10-8;1-2;;;;;/h2-5H,1H2;1H2,2H3;3*1H3;;. The second kappa shape index (κ2) is 6.63. The van der Waals surface area contributed by atoms with E-state index >= 15 is 0 Å². The maximum absolute atomic E-state index is 2.50. The van der Waals surface area contributed by atoms with E-state index in [-0.39, 0.29) is 21.1 Å². The first-order valence-electron chi connectivity index (χ1n) is 6.41. The van der Waals surface area contributed by atoms with E-state index in [9.17, 15) is 0 Å². The van der Waals surface area contributed by atoms with Crippen LogP contribution >= 0.6 is 22.7 Å². The predicted molar refractivity (Wildman–Crippen MR) is 90.6 cm³/mol. The Kier molecular flexibility index (Phi) is 5.67. The first-order chi connectivity index (χ1) is 8.50. The molecule has 2 aromatic heterocycles. The van der Waals surface area contributed by atoms with Crippen LogP contribution in [0.25, 0.3) is 9.75 Å². The average molecular weight is 490 g/mol. The van der Waals surface area contributed by atoms with Gasteiger partial charge in [0.25, 0.3) is 0 Å². The van der Waals surface area contributed by atoms with Gasteiger partial charge in [-0.15, -0.1) is 0 Å². The van der Waals surface area contributed by atoms with Crippen LogP contribution in [-0.4, -0.2) is 39.5 Å². The van der Waals surface area contributed by atoms with Crippen LogP contribution in [0.5, 0.6) is 0 Å². The van der Waals surface area contributed by atoms with E-state index in [1.807, 2.05) is 22.7 Å². The van der Waals surface area contributed by atoms with Crippen LogP contribution in [-0.2, 0) is 4.44 Å². The summed E-state index contributed by atoms with van der Waals surface area (Å²) >= 11 is 2.13. The summed E-state index contributed by atoms with van der Waals surface area (Å²) in [6, 6.07) is 9.43. The normalized spacial score (nSPS) is 12.0. The molecule has 0 fully saturated rings. The van der Waals surface area contributed by atoms with Crippen LogP contribution in [0.15, 0.2) is 24.3 Å². The minimum atomic E-state index is -1.85. The predicted octanol–water partition coefficient (Wildman–Crippen LogP) is 4.66. The SMILES string of the molecule is C[CH2][Sn][CH2]c1ccc(-c2cc[c]([Sn]([CH3])([CH3])[CH3])s2)s1. The summed E-state index contributed by atoms with van der Waals surface area (Å²) in [6.07, 6.45) is 0. The van der Waals surface area contributed by atoms with Crippen molar-refractivity contribution in [1.29, 1.82) is 0 Å². The van der Waals surface area contributed by atoms with Crippen molar-refractivity contribution in [2.45, 2.75) is 30.6 Å². The Balaban J connectivity index is 2.16. The van der Waals surface area contributed by atoms with E-state index in [1.165, 1.54) is 18.6 Å². The second-order valence-electron chi connectivity index (χ2n) is 5.46. The van der Waals surface area contributed by atoms with Gasteiger partial charge in [0.05, 0.1) is 0 Å². The van der Waals surface area contributed by atoms with Gasteiger partial charge in [-0.05, 0) is 0 Å². The van der Waals surface area contributed by atoms with Gasteiger partial charge in [0.2, 0.25) is 0 Å². The van der Waals surface area contributed by atoms with Crippen LogP contribution in [0.3, 0.4) is 0 Å². The van der Waals surface area contributed by atoms with Gasteiger partial charge in [-0.2, -0.15) is 0 Å². The van der Waals surface area contributed by atoms with Crippen LogP contribution < -0.4 is 2.89 Å². The van der Waals surface area contributed by atoms with Crippen LogP contribution in [0, 0.1) is 0 Å². The van der Waals surface area contributed by atoms with Gasteiger partial charge in [0.1, 0.15) is 0 Å². The summed E-state index contributed by atoms with van der Waals surface area (Å²) in [5, 5.41) is 0. The molecule has 0 nitrogen and oxygen atoms in total. The van der Waals surface area contributed by atoms with Crippen molar-refractivity contribution in [1.82, 2.24) is 0 Å². The molecule has 0 bridgehead atoms. The zero-order valence-corrected chi connectivity index (χ0v) is 18.9. The number of thiophene rings is 2. The topological polar surface area (TPSA) is 0 Å². The third kappa shape index (κ3) is 4.00. The number of rotatable bonds is 5. The Morgan fingerprint density at radius 3 is 2.28 bits per heavy atom. The Morgan fingerprint density at radius 2 is 1.67 bits per heavy atom. The van der Waals surface area contributed by atoms with Crippen molar-refractivity contribution in [2.24, 2.45) is 0 Å². The van der Waals surface area contributed by atoms with Gasteiger partial charge in [0, 0.05) is 0 Å². The molecule has 0 atom stereocenters. The zero-order valence-electron chi connectivity index (χ0n) is 11.5. The average Bonchev–Trinajstić information content (AvgIpc) is 2.93. The molecule has 2 rings (SSSR count). The van der Waals surface area contributed by atoms with E-state index in [2.05, 4.69) is 46.0 Å². The Bertz CT molecular complexity index is 506. The van der Waals surface area contributed by atoms with Gasteiger partial charge >= 0.3 is 135 Å². The molecule has 0 amide bonds. The van der Waals surface area contributed by atoms with E-state index in [1.54, 1.807) is 7.77 Å². The fourth-order valence-corrected chi connectivity index (χ4v) is 12.0. The molecule has 0 saturated carbocycles. The number of hydrogen-bond acceptors (Lipinski definition) is 2. The first kappa shape index (κ1) is 15.4. The maximum atomic E-state index is 2.50. The molecule has 2 heterocycles. The van der Waals surface area contributed by atoms with Crippen molar-refractivity contribution < 1.29 is 0 Å². The van der Waals surface area contributed by atoms with Gasteiger partial charge < -0.3 is 0 Å². The van der Waals surface area contributed by atoms with Gasteiger partial charge in [-0.25, -0.2) is 0 Å². The van der Waals surface area contributed by atoms with E-state index < -0.39 is 18.4 Å². The molecule has 0 aliphatic heterocycles. The monoisotopic (exact) mass is 492 g/mol. The molecule has 0 aliphatic carbocycles. The van der Waals surface area contributed by atoms with Crippen LogP contribution in [0.4, 0.5) is 0 Å². The fraction of sp³-hybridized carbons (Fsp3) is 0.429. The Hall–Kier alpha value is 0.997. The van der Waals surface area contributed by atoms with Crippen LogP contribution in [0.2, 0.25) is 19.3 Å². The summed E-state index contributed by atoms with van der Waals surface area (Å²) in [6.45, 7) is 2.34. The molecular formula is C14H20S2Sn2. The fourth-order valence-electron chi connectivity index (χ4n) is 1.73. The van der Waals surface area contributed by atoms with Crippen molar-refractivity contribution in [3.63, 3.8) is 0 Å². The molecule has 2 aromatic rings. The second-order valence-corrected chi connectivity index (χ2v) is 27.6. The molecule has 4 heteroatoms. The van der Waals surface area contributed by atoms with E-state index in [0.29, 0.717) is 0 Å². The molecule has 2 radical (unpaired) electrons. The molecule has 0 spiro atoms. The van der Waals surface area contributed by atoms with Gasteiger partial charge in [-0.3, -0.25) is 0 Å². The van der Waals surface area contributed by atoms with E-state index in [0.717, 1.165) is 0 Å². The molecule has 18 heavy (non-hydrogen) atoms. The summed E-state index contributed by atoms with van der Waals surface area (Å²) in [7, 11) is 0. The Labute approximate surface area is 133 Å². The van der Waals surface area contributed by atoms with Crippen molar-refractivity contribution >= 4 is 65.1 Å². The van der Waals surface area contributed by atoms with Crippen LogP contribution in [0.1, 0.15) is 11.8 Å². The molecule has 0 aromatic carbocycles. The number of hydrogen-bond donors (Lipinski definition) is 0. The quantitative estimate of drug-likeness (QED) is 0.536. The van der Waals surface area contributed by atoms with Gasteiger partial charge in [0.15, 0.2) is 0 Å². The summed E-state index contributed by atoms with van der Waals surface area (Å²) in [4.78, 5) is 12.1. The van der Waals surface area contributed by atoms with Crippen molar-refractivity contribution in [3.05, 3.63) is 29.1 Å². The summed E-state index contributed by atoms with van der Waals surface area (Å²) in [5.74, 6) is 0. The summed E-state index contributed by atoms with van der Waals surface area (Å²) < 4.78 is 4.57. The first-order valence-corrected chi connectivity index (χ1v) is 22.1. The molecule has 0 N–H and O–H groups in total. The molecule has 0 aliphatic rings.